The molecule has 0 fully saturated rings. The molecule has 2 amide bonds. The van der Waals surface area contributed by atoms with Crippen LogP contribution in [-0.4, -0.2) is 52.9 Å². The second kappa shape index (κ2) is 10.0. The fourth-order valence-corrected chi connectivity index (χ4v) is 4.56. The van der Waals surface area contributed by atoms with Crippen molar-refractivity contribution in [1.29, 1.82) is 0 Å². The largest absolute Gasteiger partial charge is 0.488 e. The van der Waals surface area contributed by atoms with E-state index in [1.807, 2.05) is 6.92 Å². The van der Waals surface area contributed by atoms with Crippen LogP contribution >= 0.6 is 11.3 Å². The normalized spacial score (nSPS) is 15.5. The Morgan fingerprint density at radius 3 is 2.80 bits per heavy atom. The van der Waals surface area contributed by atoms with Crippen molar-refractivity contribution in [2.45, 2.75) is 33.3 Å². The smallest absolute Gasteiger partial charge is 0.279 e. The fourth-order valence-electron chi connectivity index (χ4n) is 3.69. The van der Waals surface area contributed by atoms with Crippen LogP contribution in [0.2, 0.25) is 0 Å². The molecule has 0 spiro atoms. The summed E-state index contributed by atoms with van der Waals surface area (Å²) in [5.41, 5.74) is 0.915. The summed E-state index contributed by atoms with van der Waals surface area (Å²) in [5, 5.41) is 10.2. The van der Waals surface area contributed by atoms with E-state index in [4.69, 9.17) is 14.2 Å². The van der Waals surface area contributed by atoms with E-state index >= 15 is 0 Å². The zero-order valence-corrected chi connectivity index (χ0v) is 21.2. The lowest BCUT2D eigenvalue weighted by molar-refractivity contribution is 0.0915. The van der Waals surface area contributed by atoms with Gasteiger partial charge < -0.3 is 24.8 Å². The molecule has 35 heavy (non-hydrogen) atoms. The third-order valence-electron chi connectivity index (χ3n) is 5.30. The Morgan fingerprint density at radius 2 is 2.09 bits per heavy atom. The number of hydrogen-bond donors (Lipinski definition) is 2. The molecule has 1 aliphatic heterocycles. The SMILES string of the molecule is COC[C@H](C)Oc1cc(Oc2nc3c(s2)C(=O)NCC(C)(C)C3)cc(C(=O)Nc2ccn(C)n2)c1. The van der Waals surface area contributed by atoms with E-state index in [2.05, 4.69) is 34.6 Å². The van der Waals surface area contributed by atoms with Gasteiger partial charge in [-0.3, -0.25) is 14.3 Å². The van der Waals surface area contributed by atoms with Crippen LogP contribution in [0.1, 0.15) is 46.5 Å². The molecule has 0 bridgehead atoms. The van der Waals surface area contributed by atoms with E-state index < -0.39 is 0 Å². The average molecular weight is 500 g/mol. The summed E-state index contributed by atoms with van der Waals surface area (Å²) in [6, 6.07) is 6.61. The number of carbonyl (C=O) groups is 2. The lowest BCUT2D eigenvalue weighted by Gasteiger charge is -2.21. The van der Waals surface area contributed by atoms with Gasteiger partial charge in [0.15, 0.2) is 5.82 Å². The molecule has 2 N–H and O–H groups in total. The van der Waals surface area contributed by atoms with Gasteiger partial charge in [-0.2, -0.15) is 5.10 Å². The molecule has 0 saturated carbocycles. The maximum absolute atomic E-state index is 12.9. The van der Waals surface area contributed by atoms with Crippen molar-refractivity contribution >= 4 is 29.0 Å². The molecule has 186 valence electrons. The lowest BCUT2D eigenvalue weighted by Crippen LogP contribution is -2.31. The molecule has 3 heterocycles. The van der Waals surface area contributed by atoms with Crippen LogP contribution in [0.5, 0.6) is 16.7 Å². The summed E-state index contributed by atoms with van der Waals surface area (Å²) >= 11 is 1.18. The highest BCUT2D eigenvalue weighted by molar-refractivity contribution is 7.15. The molecular weight excluding hydrogens is 470 g/mol. The van der Waals surface area contributed by atoms with Crippen molar-refractivity contribution in [2.24, 2.45) is 12.5 Å². The minimum atomic E-state index is -0.366. The topological polar surface area (TPSA) is 117 Å². The first-order valence-electron chi connectivity index (χ1n) is 11.2. The Hall–Kier alpha value is -3.44. The number of anilines is 1. The standard InChI is InChI=1S/C24H29N5O5S/c1-14(12-32-5)33-16-8-15(21(30)27-19-6-7-29(4)28-19)9-17(10-16)34-23-26-18-11-24(2,3)13-25-22(31)20(18)35-23/h6-10,14H,11-13H2,1-5H3,(H,25,31)(H,27,28,30)/t14-/m0/s1. The van der Waals surface area contributed by atoms with Crippen LogP contribution in [0.15, 0.2) is 30.5 Å². The number of amides is 2. The summed E-state index contributed by atoms with van der Waals surface area (Å²) < 4.78 is 18.7. The third-order valence-corrected chi connectivity index (χ3v) is 6.27. The van der Waals surface area contributed by atoms with Crippen LogP contribution in [0.3, 0.4) is 0 Å². The van der Waals surface area contributed by atoms with Crippen LogP contribution in [0, 0.1) is 5.41 Å². The number of nitrogens with zero attached hydrogens (tertiary/aromatic N) is 3. The van der Waals surface area contributed by atoms with Gasteiger partial charge in [0.25, 0.3) is 17.0 Å². The maximum Gasteiger partial charge on any atom is 0.279 e. The van der Waals surface area contributed by atoms with Gasteiger partial charge in [-0.15, -0.1) is 0 Å². The van der Waals surface area contributed by atoms with Crippen molar-refractivity contribution < 1.29 is 23.8 Å². The van der Waals surface area contributed by atoms with Gasteiger partial charge in [-0.05, 0) is 30.9 Å². The molecule has 11 heteroatoms. The number of thiazole rings is 1. The van der Waals surface area contributed by atoms with Gasteiger partial charge in [0, 0.05) is 44.6 Å². The molecule has 0 unspecified atom stereocenters. The highest BCUT2D eigenvalue weighted by Crippen LogP contribution is 2.36. The second-order valence-corrected chi connectivity index (χ2v) is 10.2. The second-order valence-electron chi connectivity index (χ2n) is 9.29. The van der Waals surface area contributed by atoms with Gasteiger partial charge in [0.05, 0.1) is 12.3 Å². The first kappa shape index (κ1) is 24.7. The molecule has 1 atom stereocenters. The highest BCUT2D eigenvalue weighted by Gasteiger charge is 2.30. The van der Waals surface area contributed by atoms with E-state index in [-0.39, 0.29) is 23.3 Å². The van der Waals surface area contributed by atoms with Crippen LogP contribution < -0.4 is 20.1 Å². The first-order chi connectivity index (χ1) is 16.6. The predicted molar refractivity (Wildman–Crippen MR) is 132 cm³/mol. The summed E-state index contributed by atoms with van der Waals surface area (Å²) in [7, 11) is 3.36. The lowest BCUT2D eigenvalue weighted by atomic mass is 9.88. The molecule has 0 radical (unpaired) electrons. The molecule has 10 nitrogen and oxygen atoms in total. The fraction of sp³-hybridized carbons (Fsp3) is 0.417. The van der Waals surface area contributed by atoms with Crippen molar-refractivity contribution in [3.63, 3.8) is 0 Å². The molecule has 1 aliphatic rings. The number of carbonyl (C=O) groups excluding carboxylic acids is 2. The summed E-state index contributed by atoms with van der Waals surface area (Å²) in [6.45, 7) is 6.99. The molecule has 3 aromatic rings. The maximum atomic E-state index is 12.9. The van der Waals surface area contributed by atoms with E-state index in [1.165, 1.54) is 11.3 Å². The molecule has 2 aromatic heterocycles. The highest BCUT2D eigenvalue weighted by atomic mass is 32.1. The van der Waals surface area contributed by atoms with Gasteiger partial charge in [0.1, 0.15) is 22.5 Å². The average Bonchev–Trinajstić information content (AvgIpc) is 3.34. The van der Waals surface area contributed by atoms with Crippen LogP contribution in [0.4, 0.5) is 5.82 Å². The quantitative estimate of drug-likeness (QED) is 0.486. The number of aryl methyl sites for hydroxylation is 1. The zero-order chi connectivity index (χ0) is 25.2. The number of rotatable bonds is 8. The number of nitrogens with one attached hydrogen (secondary N) is 2. The number of benzene rings is 1. The summed E-state index contributed by atoms with van der Waals surface area (Å²) in [5.74, 6) is 0.710. The summed E-state index contributed by atoms with van der Waals surface area (Å²) in [4.78, 5) is 30.6. The Labute approximate surface area is 207 Å². The number of methoxy groups -OCH3 is 1. The Kier molecular flexibility index (Phi) is 7.08. The Bertz CT molecular complexity index is 1230. The monoisotopic (exact) mass is 499 g/mol. The third kappa shape index (κ3) is 6.17. The molecule has 0 aliphatic carbocycles. The van der Waals surface area contributed by atoms with Crippen molar-refractivity contribution in [3.05, 3.63) is 46.6 Å². The van der Waals surface area contributed by atoms with Crippen molar-refractivity contribution in [2.75, 3.05) is 25.6 Å². The van der Waals surface area contributed by atoms with Gasteiger partial charge >= 0.3 is 0 Å². The first-order valence-corrected chi connectivity index (χ1v) is 12.0. The zero-order valence-electron chi connectivity index (χ0n) is 20.4. The number of fused-ring (bicyclic) bond motifs is 1. The Morgan fingerprint density at radius 1 is 1.31 bits per heavy atom. The molecule has 0 saturated heterocycles. The number of ether oxygens (including phenoxy) is 3. The van der Waals surface area contributed by atoms with Crippen LogP contribution in [-0.2, 0) is 18.2 Å². The van der Waals surface area contributed by atoms with Gasteiger partial charge in [-0.25, -0.2) is 4.98 Å². The van der Waals surface area contributed by atoms with Crippen molar-refractivity contribution in [1.82, 2.24) is 20.1 Å². The van der Waals surface area contributed by atoms with E-state index in [0.717, 1.165) is 0 Å². The summed E-state index contributed by atoms with van der Waals surface area (Å²) in [6.07, 6.45) is 2.14. The number of aromatic nitrogens is 3. The minimum absolute atomic E-state index is 0.117. The number of hydrogen-bond acceptors (Lipinski definition) is 8. The van der Waals surface area contributed by atoms with E-state index in [9.17, 15) is 9.59 Å². The molecular formula is C24H29N5O5S. The predicted octanol–water partition coefficient (Wildman–Crippen LogP) is 3.65. The Balaban J connectivity index is 1.62. The van der Waals surface area contributed by atoms with Gasteiger partial charge in [-0.1, -0.05) is 25.2 Å². The van der Waals surface area contributed by atoms with E-state index in [1.54, 1.807) is 49.3 Å². The van der Waals surface area contributed by atoms with Gasteiger partial charge in [0.2, 0.25) is 0 Å². The minimum Gasteiger partial charge on any atom is -0.488 e. The molecule has 1 aromatic carbocycles. The van der Waals surface area contributed by atoms with Crippen molar-refractivity contribution in [3.8, 4) is 16.7 Å². The molecule has 4 rings (SSSR count). The van der Waals surface area contributed by atoms with E-state index in [0.29, 0.717) is 58.2 Å². The van der Waals surface area contributed by atoms with Crippen LogP contribution in [0.25, 0.3) is 0 Å².